The predicted molar refractivity (Wildman–Crippen MR) is 110 cm³/mol. The van der Waals surface area contributed by atoms with E-state index in [1.165, 1.54) is 12.1 Å². The average molecular weight is 431 g/mol. The predicted octanol–water partition coefficient (Wildman–Crippen LogP) is 3.53. The van der Waals surface area contributed by atoms with E-state index in [1.54, 1.807) is 30.3 Å². The summed E-state index contributed by atoms with van der Waals surface area (Å²) in [5.74, 6) is -3.02. The molecule has 3 rings (SSSR count). The largest absolute Gasteiger partial charge is 0.473 e. The van der Waals surface area contributed by atoms with Crippen LogP contribution < -0.4 is 5.32 Å². The molecular formula is C21H19ClN2O6. The van der Waals surface area contributed by atoms with Crippen LogP contribution in [0.1, 0.15) is 29.2 Å². The molecule has 8 nitrogen and oxygen atoms in total. The molecule has 2 aromatic carbocycles. The lowest BCUT2D eigenvalue weighted by atomic mass is 10.0. The first-order valence-electron chi connectivity index (χ1n) is 9.22. The number of nitrogens with zero attached hydrogens (tertiary/aromatic N) is 1. The molecule has 156 valence electrons. The Balaban J connectivity index is 1.72. The van der Waals surface area contributed by atoms with Gasteiger partial charge in [-0.3, -0.25) is 10.1 Å². The first kappa shape index (κ1) is 21.5. The Morgan fingerprint density at radius 2 is 2.10 bits per heavy atom. The number of ether oxygens (including phenoxy) is 1. The van der Waals surface area contributed by atoms with Gasteiger partial charge in [-0.25, -0.2) is 9.59 Å². The zero-order chi connectivity index (χ0) is 21.7. The van der Waals surface area contributed by atoms with Gasteiger partial charge in [0.25, 0.3) is 5.69 Å². The third-order valence-corrected chi connectivity index (χ3v) is 5.02. The summed E-state index contributed by atoms with van der Waals surface area (Å²) in [4.78, 5) is 33.1. The standard InChI is InChI=1S/C21H19ClN2O6/c22-16-3-1-2-15(10-16)19(30-21(27)20(25)26)12-23-17-7-4-13-6-9-18(24(28)29)11-14(13)5-8-17/h1-3,5-6,8-11,17,19,23H,4,7,12H2,(H,25,26)/t17?,19-/m0/s1. The molecule has 1 aliphatic rings. The van der Waals surface area contributed by atoms with Crippen LogP contribution in [0.5, 0.6) is 0 Å². The maximum atomic E-state index is 11.6. The van der Waals surface area contributed by atoms with Gasteiger partial charge in [-0.15, -0.1) is 0 Å². The number of nitro benzene ring substituents is 1. The minimum atomic E-state index is -1.67. The molecule has 0 aromatic heterocycles. The third-order valence-electron chi connectivity index (χ3n) is 4.78. The van der Waals surface area contributed by atoms with E-state index in [0.717, 1.165) is 17.5 Å². The number of carboxylic acid groups (broad SMARTS) is 1. The second kappa shape index (κ2) is 9.51. The molecule has 0 saturated heterocycles. The van der Waals surface area contributed by atoms with Crippen LogP contribution in [0.25, 0.3) is 6.08 Å². The van der Waals surface area contributed by atoms with Crippen molar-refractivity contribution in [3.05, 3.63) is 80.4 Å². The van der Waals surface area contributed by atoms with E-state index in [0.29, 0.717) is 17.0 Å². The SMILES string of the molecule is O=C(O)C(=O)O[C@@H](CNC1C=Cc2cc([N+](=O)[O-])ccc2CC1)c1cccc(Cl)c1. The van der Waals surface area contributed by atoms with Crippen molar-refractivity contribution in [2.75, 3.05) is 6.54 Å². The monoisotopic (exact) mass is 430 g/mol. The minimum absolute atomic E-state index is 0.0337. The highest BCUT2D eigenvalue weighted by atomic mass is 35.5. The summed E-state index contributed by atoms with van der Waals surface area (Å²) in [6, 6.07) is 11.4. The van der Waals surface area contributed by atoms with Crippen LogP contribution in [0.15, 0.2) is 48.5 Å². The summed E-state index contributed by atoms with van der Waals surface area (Å²) in [6.45, 7) is 0.171. The van der Waals surface area contributed by atoms with E-state index >= 15 is 0 Å². The first-order valence-corrected chi connectivity index (χ1v) is 9.59. The molecule has 0 aliphatic heterocycles. The first-order chi connectivity index (χ1) is 14.3. The molecule has 0 heterocycles. The lowest BCUT2D eigenvalue weighted by Gasteiger charge is -2.21. The van der Waals surface area contributed by atoms with Gasteiger partial charge in [0.2, 0.25) is 0 Å². The van der Waals surface area contributed by atoms with E-state index < -0.39 is 23.0 Å². The highest BCUT2D eigenvalue weighted by Gasteiger charge is 2.23. The summed E-state index contributed by atoms with van der Waals surface area (Å²) in [5.41, 5.74) is 2.40. The molecule has 1 unspecified atom stereocenters. The van der Waals surface area contributed by atoms with Crippen molar-refractivity contribution in [3.8, 4) is 0 Å². The van der Waals surface area contributed by atoms with Gasteiger partial charge in [-0.05, 0) is 41.7 Å². The van der Waals surface area contributed by atoms with Crippen LogP contribution in [0, 0.1) is 10.1 Å². The van der Waals surface area contributed by atoms with Crippen molar-refractivity contribution in [1.82, 2.24) is 5.32 Å². The van der Waals surface area contributed by atoms with Crippen molar-refractivity contribution in [1.29, 1.82) is 0 Å². The Labute approximate surface area is 177 Å². The molecule has 2 aromatic rings. The number of hydrogen-bond donors (Lipinski definition) is 2. The van der Waals surface area contributed by atoms with E-state index in [4.69, 9.17) is 21.4 Å². The van der Waals surface area contributed by atoms with Crippen molar-refractivity contribution in [2.24, 2.45) is 0 Å². The van der Waals surface area contributed by atoms with E-state index in [9.17, 15) is 19.7 Å². The number of carbonyl (C=O) groups excluding carboxylic acids is 1. The number of non-ortho nitro benzene ring substituents is 1. The van der Waals surface area contributed by atoms with Crippen LogP contribution >= 0.6 is 11.6 Å². The number of nitrogens with one attached hydrogen (secondary N) is 1. The second-order valence-corrected chi connectivity index (χ2v) is 7.24. The molecule has 0 bridgehead atoms. The number of carboxylic acids is 1. The van der Waals surface area contributed by atoms with Gasteiger partial charge in [-0.1, -0.05) is 42.0 Å². The van der Waals surface area contributed by atoms with E-state index in [1.807, 2.05) is 12.2 Å². The number of esters is 1. The topological polar surface area (TPSA) is 119 Å². The van der Waals surface area contributed by atoms with E-state index in [2.05, 4.69) is 5.32 Å². The summed E-state index contributed by atoms with van der Waals surface area (Å²) in [5, 5.41) is 23.6. The fourth-order valence-corrected chi connectivity index (χ4v) is 3.45. The maximum Gasteiger partial charge on any atom is 0.417 e. The molecule has 0 radical (unpaired) electrons. The van der Waals surface area contributed by atoms with Crippen molar-refractivity contribution >= 4 is 35.3 Å². The Bertz CT molecular complexity index is 1010. The summed E-state index contributed by atoms with van der Waals surface area (Å²) >= 11 is 6.01. The van der Waals surface area contributed by atoms with Gasteiger partial charge in [-0.2, -0.15) is 0 Å². The Hall–Kier alpha value is -3.23. The molecule has 9 heteroatoms. The minimum Gasteiger partial charge on any atom is -0.473 e. The molecule has 0 spiro atoms. The number of nitro groups is 1. The molecule has 2 N–H and O–H groups in total. The number of aryl methyl sites for hydroxylation is 1. The van der Waals surface area contributed by atoms with Crippen molar-refractivity contribution in [3.63, 3.8) is 0 Å². The fourth-order valence-electron chi connectivity index (χ4n) is 3.25. The molecule has 2 atom stereocenters. The summed E-state index contributed by atoms with van der Waals surface area (Å²) in [7, 11) is 0. The number of aliphatic carboxylic acids is 1. The van der Waals surface area contributed by atoms with Gasteiger partial charge in [0, 0.05) is 29.7 Å². The number of fused-ring (bicyclic) bond motifs is 1. The van der Waals surface area contributed by atoms with Gasteiger partial charge in [0.15, 0.2) is 0 Å². The van der Waals surface area contributed by atoms with E-state index in [-0.39, 0.29) is 18.3 Å². The Kier molecular flexibility index (Phi) is 6.81. The van der Waals surface area contributed by atoms with Crippen molar-refractivity contribution < 1.29 is 24.4 Å². The molecule has 1 aliphatic carbocycles. The second-order valence-electron chi connectivity index (χ2n) is 6.81. The van der Waals surface area contributed by atoms with Gasteiger partial charge in [0.1, 0.15) is 6.10 Å². The zero-order valence-corrected chi connectivity index (χ0v) is 16.5. The lowest BCUT2D eigenvalue weighted by Crippen LogP contribution is -2.34. The summed E-state index contributed by atoms with van der Waals surface area (Å²) in [6.07, 6.45) is 4.30. The van der Waals surface area contributed by atoms with Crippen LogP contribution in [-0.4, -0.2) is 34.6 Å². The summed E-state index contributed by atoms with van der Waals surface area (Å²) < 4.78 is 5.12. The number of halogens is 1. The zero-order valence-electron chi connectivity index (χ0n) is 15.8. The Morgan fingerprint density at radius 3 is 2.80 bits per heavy atom. The van der Waals surface area contributed by atoms with Crippen molar-refractivity contribution in [2.45, 2.75) is 25.0 Å². The van der Waals surface area contributed by atoms with Gasteiger partial charge >= 0.3 is 11.9 Å². The number of carbonyl (C=O) groups is 2. The highest BCUT2D eigenvalue weighted by molar-refractivity contribution is 6.30. The van der Waals surface area contributed by atoms with Crippen LogP contribution in [-0.2, 0) is 20.7 Å². The smallest absolute Gasteiger partial charge is 0.417 e. The maximum absolute atomic E-state index is 11.6. The number of hydrogen-bond acceptors (Lipinski definition) is 6. The number of rotatable bonds is 6. The molecule has 30 heavy (non-hydrogen) atoms. The van der Waals surface area contributed by atoms with Crippen LogP contribution in [0.3, 0.4) is 0 Å². The highest BCUT2D eigenvalue weighted by Crippen LogP contribution is 2.25. The van der Waals surface area contributed by atoms with Crippen LogP contribution in [0.4, 0.5) is 5.69 Å². The molecule has 0 fully saturated rings. The quantitative estimate of drug-likeness (QED) is 0.311. The number of benzene rings is 2. The average Bonchev–Trinajstić information content (AvgIpc) is 2.92. The van der Waals surface area contributed by atoms with Gasteiger partial charge < -0.3 is 15.2 Å². The lowest BCUT2D eigenvalue weighted by molar-refractivity contribution is -0.384. The molecule has 0 amide bonds. The fraction of sp³-hybridized carbons (Fsp3) is 0.238. The van der Waals surface area contributed by atoms with Crippen LogP contribution in [0.2, 0.25) is 5.02 Å². The Morgan fingerprint density at radius 1 is 1.30 bits per heavy atom. The molecular weight excluding hydrogens is 412 g/mol. The normalized spacial score (nSPS) is 16.2. The third kappa shape index (κ3) is 5.43. The molecule has 0 saturated carbocycles. The van der Waals surface area contributed by atoms with Gasteiger partial charge in [0.05, 0.1) is 4.92 Å².